The van der Waals surface area contributed by atoms with Crippen LogP contribution in [0.5, 0.6) is 0 Å². The molecule has 2 aromatic rings. The number of aryl methyl sites for hydroxylation is 2. The van der Waals surface area contributed by atoms with E-state index in [-0.39, 0.29) is 16.9 Å². The van der Waals surface area contributed by atoms with E-state index in [1.54, 1.807) is 0 Å². The average Bonchev–Trinajstić information content (AvgIpc) is 3.01. The summed E-state index contributed by atoms with van der Waals surface area (Å²) < 4.78 is 0. The van der Waals surface area contributed by atoms with Gasteiger partial charge in [0.15, 0.2) is 5.82 Å². The van der Waals surface area contributed by atoms with Gasteiger partial charge < -0.3 is 5.32 Å². The molecular formula is C20H25N5O. The Hall–Kier alpha value is -2.24. The SMILES string of the molecule is Cc1cccc(NC(=O)C23CC4CC(C2)CC(n2nnc(C)n2)(C4)C3)c1. The lowest BCUT2D eigenvalue weighted by Gasteiger charge is -2.60. The van der Waals surface area contributed by atoms with E-state index in [4.69, 9.17) is 0 Å². The second-order valence-corrected chi connectivity index (χ2v) is 8.92. The Bertz CT molecular complexity index is 859. The number of nitrogens with zero attached hydrogens (tertiary/aromatic N) is 4. The molecule has 4 aliphatic rings. The van der Waals surface area contributed by atoms with E-state index in [2.05, 4.69) is 20.7 Å². The van der Waals surface area contributed by atoms with Crippen molar-refractivity contribution in [2.24, 2.45) is 17.3 Å². The minimum atomic E-state index is -0.296. The smallest absolute Gasteiger partial charge is 0.230 e. The van der Waals surface area contributed by atoms with Crippen molar-refractivity contribution in [1.29, 1.82) is 0 Å². The van der Waals surface area contributed by atoms with Crippen LogP contribution < -0.4 is 5.32 Å². The Morgan fingerprint density at radius 1 is 1.19 bits per heavy atom. The van der Waals surface area contributed by atoms with Crippen molar-refractivity contribution in [1.82, 2.24) is 20.2 Å². The summed E-state index contributed by atoms with van der Waals surface area (Å²) in [5.41, 5.74) is 1.63. The molecule has 4 fully saturated rings. The number of hydrogen-bond acceptors (Lipinski definition) is 4. The van der Waals surface area contributed by atoms with Gasteiger partial charge in [-0.2, -0.15) is 4.80 Å². The van der Waals surface area contributed by atoms with Crippen LogP contribution in [0.3, 0.4) is 0 Å². The molecule has 4 saturated carbocycles. The number of benzene rings is 1. The Kier molecular flexibility index (Phi) is 3.30. The van der Waals surface area contributed by atoms with Crippen molar-refractivity contribution in [3.05, 3.63) is 35.7 Å². The third-order valence-electron chi connectivity index (χ3n) is 6.73. The fourth-order valence-electron chi connectivity index (χ4n) is 6.19. The highest BCUT2D eigenvalue weighted by Crippen LogP contribution is 2.64. The Morgan fingerprint density at radius 3 is 2.62 bits per heavy atom. The summed E-state index contributed by atoms with van der Waals surface area (Å²) in [4.78, 5) is 15.2. The van der Waals surface area contributed by atoms with Crippen molar-refractivity contribution in [2.45, 2.75) is 57.9 Å². The molecule has 0 aliphatic heterocycles. The summed E-state index contributed by atoms with van der Waals surface area (Å²) in [5, 5.41) is 16.2. The molecule has 0 spiro atoms. The molecule has 0 radical (unpaired) electrons. The minimum absolute atomic E-state index is 0.130. The summed E-state index contributed by atoms with van der Waals surface area (Å²) in [6.07, 6.45) is 6.24. The quantitative estimate of drug-likeness (QED) is 0.921. The number of carbonyl (C=O) groups is 1. The first kappa shape index (κ1) is 16.0. The highest BCUT2D eigenvalue weighted by molar-refractivity contribution is 5.95. The molecular weight excluding hydrogens is 326 g/mol. The van der Waals surface area contributed by atoms with E-state index in [1.165, 1.54) is 6.42 Å². The van der Waals surface area contributed by atoms with Crippen molar-refractivity contribution < 1.29 is 4.79 Å². The predicted molar refractivity (Wildman–Crippen MR) is 97.5 cm³/mol. The highest BCUT2D eigenvalue weighted by Gasteiger charge is 2.62. The second-order valence-electron chi connectivity index (χ2n) is 8.92. The summed E-state index contributed by atoms with van der Waals surface area (Å²) in [5.74, 6) is 2.06. The first-order valence-electron chi connectivity index (χ1n) is 9.62. The van der Waals surface area contributed by atoms with Crippen LogP contribution in [-0.4, -0.2) is 26.1 Å². The van der Waals surface area contributed by atoms with Gasteiger partial charge in [-0.3, -0.25) is 4.79 Å². The topological polar surface area (TPSA) is 72.7 Å². The second kappa shape index (κ2) is 5.38. The van der Waals surface area contributed by atoms with E-state index < -0.39 is 0 Å². The first-order chi connectivity index (χ1) is 12.5. The molecule has 6 heteroatoms. The fourth-order valence-corrected chi connectivity index (χ4v) is 6.19. The van der Waals surface area contributed by atoms with Gasteiger partial charge in [-0.25, -0.2) is 0 Å². The molecule has 6 nitrogen and oxygen atoms in total. The lowest BCUT2D eigenvalue weighted by atomic mass is 9.46. The molecule has 4 aliphatic carbocycles. The number of amides is 1. The molecule has 1 heterocycles. The maximum atomic E-state index is 13.4. The summed E-state index contributed by atoms with van der Waals surface area (Å²) in [7, 11) is 0. The van der Waals surface area contributed by atoms with E-state index in [1.807, 2.05) is 42.9 Å². The number of nitrogens with one attached hydrogen (secondary N) is 1. The maximum Gasteiger partial charge on any atom is 0.230 e. The van der Waals surface area contributed by atoms with Gasteiger partial charge >= 0.3 is 0 Å². The summed E-state index contributed by atoms with van der Waals surface area (Å²) in [6, 6.07) is 8.06. The molecule has 6 rings (SSSR count). The Morgan fingerprint density at radius 2 is 1.96 bits per heavy atom. The van der Waals surface area contributed by atoms with Gasteiger partial charge in [-0.05, 0) is 87.1 Å². The van der Waals surface area contributed by atoms with Crippen LogP contribution in [0.25, 0.3) is 0 Å². The van der Waals surface area contributed by atoms with Crippen LogP contribution in [0.2, 0.25) is 0 Å². The molecule has 1 amide bonds. The van der Waals surface area contributed by atoms with E-state index >= 15 is 0 Å². The van der Waals surface area contributed by atoms with Gasteiger partial charge in [-0.15, -0.1) is 10.2 Å². The molecule has 0 saturated heterocycles. The van der Waals surface area contributed by atoms with E-state index in [0.717, 1.165) is 43.4 Å². The zero-order valence-corrected chi connectivity index (χ0v) is 15.4. The molecule has 136 valence electrons. The fraction of sp³-hybridized carbons (Fsp3) is 0.600. The summed E-state index contributed by atoms with van der Waals surface area (Å²) in [6.45, 7) is 3.93. The van der Waals surface area contributed by atoms with Crippen LogP contribution in [-0.2, 0) is 10.3 Å². The van der Waals surface area contributed by atoms with E-state index in [0.29, 0.717) is 17.7 Å². The molecule has 1 N–H and O–H groups in total. The zero-order valence-electron chi connectivity index (χ0n) is 15.4. The molecule has 2 atom stereocenters. The van der Waals surface area contributed by atoms with Crippen LogP contribution in [0, 0.1) is 31.1 Å². The van der Waals surface area contributed by atoms with Gasteiger partial charge in [0.25, 0.3) is 0 Å². The number of tetrazole rings is 1. The molecule has 26 heavy (non-hydrogen) atoms. The maximum absolute atomic E-state index is 13.4. The van der Waals surface area contributed by atoms with Gasteiger partial charge in [-0.1, -0.05) is 12.1 Å². The molecule has 2 unspecified atom stereocenters. The zero-order chi connectivity index (χ0) is 17.9. The van der Waals surface area contributed by atoms with Crippen LogP contribution in [0.4, 0.5) is 5.69 Å². The lowest BCUT2D eigenvalue weighted by molar-refractivity contribution is -0.152. The van der Waals surface area contributed by atoms with Crippen molar-refractivity contribution in [2.75, 3.05) is 5.32 Å². The number of hydrogen-bond donors (Lipinski definition) is 1. The number of rotatable bonds is 3. The lowest BCUT2D eigenvalue weighted by Crippen LogP contribution is -2.60. The Balaban J connectivity index is 1.47. The van der Waals surface area contributed by atoms with Crippen LogP contribution in [0.15, 0.2) is 24.3 Å². The highest BCUT2D eigenvalue weighted by atomic mass is 16.2. The first-order valence-corrected chi connectivity index (χ1v) is 9.62. The number of anilines is 1. The Labute approximate surface area is 153 Å². The van der Waals surface area contributed by atoms with Crippen LogP contribution in [0.1, 0.15) is 49.9 Å². The van der Waals surface area contributed by atoms with Crippen molar-refractivity contribution in [3.8, 4) is 0 Å². The van der Waals surface area contributed by atoms with Crippen molar-refractivity contribution >= 4 is 11.6 Å². The molecule has 4 bridgehead atoms. The largest absolute Gasteiger partial charge is 0.326 e. The van der Waals surface area contributed by atoms with Gasteiger partial charge in [0.2, 0.25) is 5.91 Å². The standard InChI is InChI=1S/C20H25N5O/c1-13-4-3-5-17(6-13)21-18(26)19-8-15-7-16(9-19)11-20(10-15,12-19)25-23-14(2)22-24-25/h3-6,15-16H,7-12H2,1-2H3,(H,21,26). The third kappa shape index (κ3) is 2.38. The molecule has 1 aromatic carbocycles. The van der Waals surface area contributed by atoms with Gasteiger partial charge in [0.05, 0.1) is 11.0 Å². The minimum Gasteiger partial charge on any atom is -0.326 e. The monoisotopic (exact) mass is 351 g/mol. The average molecular weight is 351 g/mol. The predicted octanol–water partition coefficient (Wildman–Crippen LogP) is 3.22. The van der Waals surface area contributed by atoms with Gasteiger partial charge in [0, 0.05) is 5.69 Å². The van der Waals surface area contributed by atoms with Crippen LogP contribution >= 0.6 is 0 Å². The molecule has 1 aromatic heterocycles. The number of aromatic nitrogens is 4. The van der Waals surface area contributed by atoms with Gasteiger partial charge in [0.1, 0.15) is 0 Å². The normalized spacial score (nSPS) is 34.8. The van der Waals surface area contributed by atoms with Crippen molar-refractivity contribution in [3.63, 3.8) is 0 Å². The number of carbonyl (C=O) groups excluding carboxylic acids is 1. The summed E-state index contributed by atoms with van der Waals surface area (Å²) >= 11 is 0. The third-order valence-corrected chi connectivity index (χ3v) is 6.73. The van der Waals surface area contributed by atoms with E-state index in [9.17, 15) is 4.79 Å².